The lowest BCUT2D eigenvalue weighted by Crippen LogP contribution is -2.35. The molecule has 0 aliphatic carbocycles. The van der Waals surface area contributed by atoms with E-state index in [0.29, 0.717) is 17.1 Å². The predicted octanol–water partition coefficient (Wildman–Crippen LogP) is 2.44. The number of carbonyl (C=O) groups excluding carboxylic acids is 1. The highest BCUT2D eigenvalue weighted by molar-refractivity contribution is 5.96. The first-order chi connectivity index (χ1) is 13.7. The fraction of sp³-hybridized carbons (Fsp3) is 0.381. The van der Waals surface area contributed by atoms with Crippen LogP contribution in [0.5, 0.6) is 0 Å². The number of aryl methyl sites for hydroxylation is 1. The van der Waals surface area contributed by atoms with Crippen molar-refractivity contribution in [2.75, 3.05) is 6.61 Å². The highest BCUT2D eigenvalue weighted by Crippen LogP contribution is 2.26. The number of hydrogen-bond donors (Lipinski definition) is 2. The van der Waals surface area contributed by atoms with Crippen LogP contribution in [0.15, 0.2) is 36.5 Å². The standard InChI is InChI=1S/C21H26N6O2/c1-13-6-7-18(22-11-13)15-8-16(19(29)23-14(2)12-28)10-17(9-15)27-20(21(3,4)5)24-25-26-27/h6-11,14,28H,12H2,1-5H3,(H,23,29)/t14-/m0/s1. The smallest absolute Gasteiger partial charge is 0.251 e. The Kier molecular flexibility index (Phi) is 5.74. The van der Waals surface area contributed by atoms with Gasteiger partial charge < -0.3 is 10.4 Å². The van der Waals surface area contributed by atoms with Gasteiger partial charge in [-0.25, -0.2) is 0 Å². The Labute approximate surface area is 170 Å². The lowest BCUT2D eigenvalue weighted by Gasteiger charge is -2.18. The number of nitrogens with one attached hydrogen (secondary N) is 1. The van der Waals surface area contributed by atoms with Crippen LogP contribution in [-0.2, 0) is 5.41 Å². The normalized spacial score (nSPS) is 12.6. The number of nitrogens with zero attached hydrogens (tertiary/aromatic N) is 5. The van der Waals surface area contributed by atoms with E-state index in [-0.39, 0.29) is 24.0 Å². The molecule has 8 heteroatoms. The molecule has 2 aromatic heterocycles. The van der Waals surface area contributed by atoms with E-state index in [1.54, 1.807) is 29.9 Å². The van der Waals surface area contributed by atoms with Crippen LogP contribution in [0, 0.1) is 6.92 Å². The Morgan fingerprint density at radius 1 is 1.24 bits per heavy atom. The van der Waals surface area contributed by atoms with Crippen molar-refractivity contribution in [1.29, 1.82) is 0 Å². The Hall–Kier alpha value is -3.13. The molecule has 0 saturated heterocycles. The van der Waals surface area contributed by atoms with Gasteiger partial charge in [-0.15, -0.1) is 5.10 Å². The topological polar surface area (TPSA) is 106 Å². The fourth-order valence-corrected chi connectivity index (χ4v) is 2.83. The molecular weight excluding hydrogens is 368 g/mol. The van der Waals surface area contributed by atoms with Crippen LogP contribution in [0.4, 0.5) is 0 Å². The third-order valence-electron chi connectivity index (χ3n) is 4.42. The maximum absolute atomic E-state index is 12.8. The van der Waals surface area contributed by atoms with E-state index in [1.165, 1.54) is 0 Å². The van der Waals surface area contributed by atoms with E-state index < -0.39 is 0 Å². The molecule has 3 aromatic rings. The third-order valence-corrected chi connectivity index (χ3v) is 4.42. The van der Waals surface area contributed by atoms with Gasteiger partial charge in [0.15, 0.2) is 5.82 Å². The Balaban J connectivity index is 2.14. The average Bonchev–Trinajstić information content (AvgIpc) is 3.18. The van der Waals surface area contributed by atoms with Crippen molar-refractivity contribution in [3.63, 3.8) is 0 Å². The van der Waals surface area contributed by atoms with Crippen molar-refractivity contribution in [2.24, 2.45) is 0 Å². The summed E-state index contributed by atoms with van der Waals surface area (Å²) < 4.78 is 1.64. The average molecular weight is 394 g/mol. The van der Waals surface area contributed by atoms with E-state index in [4.69, 9.17) is 0 Å². The first kappa shape index (κ1) is 20.6. The van der Waals surface area contributed by atoms with E-state index in [2.05, 4.69) is 25.8 Å². The quantitative estimate of drug-likeness (QED) is 0.688. The maximum atomic E-state index is 12.8. The van der Waals surface area contributed by atoms with Gasteiger partial charge >= 0.3 is 0 Å². The molecule has 0 bridgehead atoms. The Morgan fingerprint density at radius 3 is 2.62 bits per heavy atom. The van der Waals surface area contributed by atoms with Crippen LogP contribution >= 0.6 is 0 Å². The largest absolute Gasteiger partial charge is 0.394 e. The molecule has 1 atom stereocenters. The molecule has 2 heterocycles. The zero-order valence-electron chi connectivity index (χ0n) is 17.3. The molecule has 0 saturated carbocycles. The maximum Gasteiger partial charge on any atom is 0.251 e. The highest BCUT2D eigenvalue weighted by Gasteiger charge is 2.24. The molecular formula is C21H26N6O2. The number of pyridine rings is 1. The molecule has 1 aromatic carbocycles. The Bertz CT molecular complexity index is 1000. The summed E-state index contributed by atoms with van der Waals surface area (Å²) in [6.07, 6.45) is 1.78. The minimum absolute atomic E-state index is 0.140. The van der Waals surface area contributed by atoms with Crippen molar-refractivity contribution in [1.82, 2.24) is 30.5 Å². The molecule has 29 heavy (non-hydrogen) atoms. The van der Waals surface area contributed by atoms with Gasteiger partial charge in [-0.05, 0) is 54.1 Å². The van der Waals surface area contributed by atoms with E-state index in [0.717, 1.165) is 16.8 Å². The monoisotopic (exact) mass is 394 g/mol. The number of hydrogen-bond acceptors (Lipinski definition) is 6. The number of aliphatic hydroxyl groups is 1. The highest BCUT2D eigenvalue weighted by atomic mass is 16.3. The minimum atomic E-state index is -0.356. The second kappa shape index (κ2) is 8.08. The summed E-state index contributed by atoms with van der Waals surface area (Å²) in [5.74, 6) is 0.397. The predicted molar refractivity (Wildman–Crippen MR) is 110 cm³/mol. The fourth-order valence-electron chi connectivity index (χ4n) is 2.83. The summed E-state index contributed by atoms with van der Waals surface area (Å²) in [6.45, 7) is 9.65. The molecule has 0 unspecified atom stereocenters. The summed E-state index contributed by atoms with van der Waals surface area (Å²) >= 11 is 0. The van der Waals surface area contributed by atoms with Crippen LogP contribution in [0.25, 0.3) is 16.9 Å². The lowest BCUT2D eigenvalue weighted by atomic mass is 9.95. The van der Waals surface area contributed by atoms with E-state index in [1.807, 2.05) is 45.9 Å². The number of amides is 1. The van der Waals surface area contributed by atoms with Crippen LogP contribution in [0.2, 0.25) is 0 Å². The van der Waals surface area contributed by atoms with Crippen molar-refractivity contribution in [2.45, 2.75) is 46.1 Å². The molecule has 0 aliphatic heterocycles. The van der Waals surface area contributed by atoms with Gasteiger partial charge in [-0.2, -0.15) is 4.68 Å². The zero-order valence-corrected chi connectivity index (χ0v) is 17.3. The SMILES string of the molecule is Cc1ccc(-c2cc(C(=O)N[C@@H](C)CO)cc(-n3nnnc3C(C)(C)C)c2)nc1. The summed E-state index contributed by atoms with van der Waals surface area (Å²) in [5.41, 5.74) is 3.40. The van der Waals surface area contributed by atoms with Crippen LogP contribution < -0.4 is 5.32 Å². The first-order valence-corrected chi connectivity index (χ1v) is 9.48. The van der Waals surface area contributed by atoms with Gasteiger partial charge in [0, 0.05) is 28.8 Å². The molecule has 2 N–H and O–H groups in total. The molecule has 0 fully saturated rings. The van der Waals surface area contributed by atoms with Crippen LogP contribution in [-0.4, -0.2) is 48.9 Å². The van der Waals surface area contributed by atoms with E-state index in [9.17, 15) is 9.90 Å². The van der Waals surface area contributed by atoms with Crippen LogP contribution in [0.1, 0.15) is 49.4 Å². The zero-order chi connectivity index (χ0) is 21.2. The van der Waals surface area contributed by atoms with Gasteiger partial charge in [0.1, 0.15) is 0 Å². The number of aliphatic hydroxyl groups excluding tert-OH is 1. The molecule has 0 aliphatic rings. The molecule has 3 rings (SSSR count). The molecule has 8 nitrogen and oxygen atoms in total. The summed E-state index contributed by atoms with van der Waals surface area (Å²) in [7, 11) is 0. The summed E-state index contributed by atoms with van der Waals surface area (Å²) in [4.78, 5) is 17.2. The summed E-state index contributed by atoms with van der Waals surface area (Å²) in [6, 6.07) is 8.96. The third kappa shape index (κ3) is 4.65. The number of carbonyl (C=O) groups is 1. The number of rotatable bonds is 5. The summed E-state index contributed by atoms with van der Waals surface area (Å²) in [5, 5.41) is 24.2. The van der Waals surface area contributed by atoms with Crippen molar-refractivity contribution in [3.8, 4) is 16.9 Å². The van der Waals surface area contributed by atoms with Crippen molar-refractivity contribution in [3.05, 3.63) is 53.5 Å². The molecule has 152 valence electrons. The second-order valence-corrected chi connectivity index (χ2v) is 8.21. The van der Waals surface area contributed by atoms with E-state index >= 15 is 0 Å². The van der Waals surface area contributed by atoms with Gasteiger partial charge in [0.05, 0.1) is 18.0 Å². The van der Waals surface area contributed by atoms with Gasteiger partial charge in [0.25, 0.3) is 5.91 Å². The van der Waals surface area contributed by atoms with Crippen molar-refractivity contribution >= 4 is 5.91 Å². The Morgan fingerprint density at radius 2 is 2.00 bits per heavy atom. The molecule has 0 spiro atoms. The van der Waals surface area contributed by atoms with Crippen molar-refractivity contribution < 1.29 is 9.90 Å². The van der Waals surface area contributed by atoms with Gasteiger partial charge in [-0.1, -0.05) is 26.8 Å². The molecule has 0 radical (unpaired) electrons. The number of benzene rings is 1. The first-order valence-electron chi connectivity index (χ1n) is 9.48. The van der Waals surface area contributed by atoms with Crippen LogP contribution in [0.3, 0.4) is 0 Å². The molecule has 1 amide bonds. The number of aromatic nitrogens is 5. The minimum Gasteiger partial charge on any atom is -0.394 e. The lowest BCUT2D eigenvalue weighted by molar-refractivity contribution is 0.0922. The number of tetrazole rings is 1. The van der Waals surface area contributed by atoms with Gasteiger partial charge in [0.2, 0.25) is 0 Å². The second-order valence-electron chi connectivity index (χ2n) is 8.21. The van der Waals surface area contributed by atoms with Gasteiger partial charge in [-0.3, -0.25) is 9.78 Å².